The van der Waals surface area contributed by atoms with Gasteiger partial charge in [0.2, 0.25) is 0 Å². The van der Waals surface area contributed by atoms with E-state index in [0.717, 1.165) is 12.8 Å². The van der Waals surface area contributed by atoms with Crippen LogP contribution in [0.15, 0.2) is 12.2 Å². The third-order valence-electron chi connectivity index (χ3n) is 3.37. The summed E-state index contributed by atoms with van der Waals surface area (Å²) in [6.45, 7) is 2.28. The fraction of sp³-hybridized carbons (Fsp3) is 0.727. The molecule has 3 rings (SSSR count). The molecule has 0 radical (unpaired) electrons. The van der Waals surface area contributed by atoms with Crippen LogP contribution in [0.5, 0.6) is 0 Å². The summed E-state index contributed by atoms with van der Waals surface area (Å²) in [7, 11) is 0. The van der Waals surface area contributed by atoms with E-state index in [0.29, 0.717) is 18.4 Å². The molecule has 0 heterocycles. The van der Waals surface area contributed by atoms with E-state index >= 15 is 0 Å². The van der Waals surface area contributed by atoms with Crippen molar-refractivity contribution in [2.75, 3.05) is 6.61 Å². The maximum atomic E-state index is 11.7. The van der Waals surface area contributed by atoms with Crippen LogP contribution in [0.3, 0.4) is 0 Å². The largest absolute Gasteiger partial charge is 0.466 e. The first-order valence-electron chi connectivity index (χ1n) is 5.34. The Balaban J connectivity index is 2.12. The predicted molar refractivity (Wildman–Crippen MR) is 53.5 cm³/mol. The zero-order chi connectivity index (χ0) is 10.1. The number of esters is 1. The van der Waals surface area contributed by atoms with Crippen molar-refractivity contribution in [3.05, 3.63) is 12.2 Å². The second kappa shape index (κ2) is 3.73. The van der Waals surface area contributed by atoms with Gasteiger partial charge in [0.25, 0.3) is 0 Å². The van der Waals surface area contributed by atoms with Crippen LogP contribution in [0.2, 0.25) is 0 Å². The van der Waals surface area contributed by atoms with Gasteiger partial charge in [-0.15, -0.1) is 0 Å². The van der Waals surface area contributed by atoms with Crippen molar-refractivity contribution in [3.8, 4) is 0 Å². The van der Waals surface area contributed by atoms with Crippen molar-refractivity contribution >= 4 is 5.97 Å². The number of ether oxygens (including phenoxy) is 1. The van der Waals surface area contributed by atoms with Crippen molar-refractivity contribution in [3.63, 3.8) is 0 Å². The Morgan fingerprint density at radius 1 is 1.43 bits per heavy atom. The summed E-state index contributed by atoms with van der Waals surface area (Å²) < 4.78 is 5.05. The summed E-state index contributed by atoms with van der Waals surface area (Å²) in [5.41, 5.74) is 6.04. The Kier molecular flexibility index (Phi) is 2.59. The second-order valence-electron chi connectivity index (χ2n) is 4.15. The molecule has 78 valence electrons. The number of fused-ring (bicyclic) bond motifs is 2. The average Bonchev–Trinajstić information content (AvgIpc) is 2.19. The molecule has 0 saturated heterocycles. The molecule has 0 unspecified atom stereocenters. The van der Waals surface area contributed by atoms with Crippen LogP contribution in [0.4, 0.5) is 0 Å². The van der Waals surface area contributed by atoms with E-state index in [2.05, 4.69) is 12.2 Å². The zero-order valence-electron chi connectivity index (χ0n) is 8.48. The fourth-order valence-electron chi connectivity index (χ4n) is 2.60. The van der Waals surface area contributed by atoms with Crippen molar-refractivity contribution in [1.82, 2.24) is 0 Å². The third-order valence-corrected chi connectivity index (χ3v) is 3.37. The molecule has 14 heavy (non-hydrogen) atoms. The summed E-state index contributed by atoms with van der Waals surface area (Å²) in [4.78, 5) is 11.7. The molecule has 3 nitrogen and oxygen atoms in total. The Morgan fingerprint density at radius 2 is 2.07 bits per heavy atom. The van der Waals surface area contributed by atoms with Crippen LogP contribution in [0.1, 0.15) is 19.8 Å². The number of hydrogen-bond donors (Lipinski definition) is 1. The smallest absolute Gasteiger partial charge is 0.311 e. The lowest BCUT2D eigenvalue weighted by Crippen LogP contribution is -2.50. The van der Waals surface area contributed by atoms with Crippen LogP contribution in [0, 0.1) is 17.8 Å². The summed E-state index contributed by atoms with van der Waals surface area (Å²) >= 11 is 0. The van der Waals surface area contributed by atoms with Crippen molar-refractivity contribution in [1.29, 1.82) is 0 Å². The molecule has 0 aromatic heterocycles. The Labute approximate surface area is 84.3 Å². The van der Waals surface area contributed by atoms with Crippen LogP contribution in [0.25, 0.3) is 0 Å². The molecule has 0 aliphatic heterocycles. The highest BCUT2D eigenvalue weighted by molar-refractivity contribution is 5.74. The minimum absolute atomic E-state index is 0.0298. The Hall–Kier alpha value is -0.830. The number of hydrogen-bond acceptors (Lipinski definition) is 3. The molecular formula is C11H17NO2. The van der Waals surface area contributed by atoms with Gasteiger partial charge in [0, 0.05) is 6.04 Å². The molecule has 0 aromatic carbocycles. The number of carbonyl (C=O) groups excluding carboxylic acids is 1. The van der Waals surface area contributed by atoms with Gasteiger partial charge in [0.1, 0.15) is 0 Å². The lowest BCUT2D eigenvalue weighted by Gasteiger charge is -2.41. The Bertz CT molecular complexity index is 262. The van der Waals surface area contributed by atoms with Gasteiger partial charge in [-0.05, 0) is 31.6 Å². The van der Waals surface area contributed by atoms with Crippen LogP contribution >= 0.6 is 0 Å². The molecule has 1 fully saturated rings. The quantitative estimate of drug-likeness (QED) is 0.530. The van der Waals surface area contributed by atoms with Crippen LogP contribution in [-0.4, -0.2) is 18.6 Å². The van der Waals surface area contributed by atoms with E-state index in [1.54, 1.807) is 0 Å². The highest BCUT2D eigenvalue weighted by atomic mass is 16.5. The topological polar surface area (TPSA) is 52.3 Å². The van der Waals surface area contributed by atoms with Crippen molar-refractivity contribution in [2.45, 2.75) is 25.8 Å². The summed E-state index contributed by atoms with van der Waals surface area (Å²) in [5.74, 6) is 0.487. The second-order valence-corrected chi connectivity index (χ2v) is 4.15. The molecule has 3 heteroatoms. The van der Waals surface area contributed by atoms with Crippen LogP contribution < -0.4 is 5.73 Å². The van der Waals surface area contributed by atoms with E-state index in [-0.39, 0.29) is 17.9 Å². The summed E-state index contributed by atoms with van der Waals surface area (Å²) in [6, 6.07) is -0.0298. The molecule has 3 aliphatic rings. The molecule has 3 aliphatic carbocycles. The monoisotopic (exact) mass is 195 g/mol. The van der Waals surface area contributed by atoms with Crippen molar-refractivity contribution < 1.29 is 9.53 Å². The van der Waals surface area contributed by atoms with Crippen molar-refractivity contribution in [2.24, 2.45) is 23.5 Å². The molecular weight excluding hydrogens is 178 g/mol. The van der Waals surface area contributed by atoms with Gasteiger partial charge >= 0.3 is 5.97 Å². The molecule has 1 saturated carbocycles. The number of nitrogens with two attached hydrogens (primary N) is 1. The van der Waals surface area contributed by atoms with Gasteiger partial charge in [-0.1, -0.05) is 12.2 Å². The predicted octanol–water partition coefficient (Wildman–Crippen LogP) is 1.09. The normalized spacial score (nSPS) is 39.9. The number of rotatable bonds is 2. The van der Waals surface area contributed by atoms with E-state index in [9.17, 15) is 4.79 Å². The van der Waals surface area contributed by atoms with Gasteiger partial charge in [0.15, 0.2) is 0 Å². The lowest BCUT2D eigenvalue weighted by molar-refractivity contribution is -0.152. The molecule has 0 aromatic rings. The van der Waals surface area contributed by atoms with Gasteiger partial charge in [-0.3, -0.25) is 4.79 Å². The highest BCUT2D eigenvalue weighted by Gasteiger charge is 2.43. The fourth-order valence-corrected chi connectivity index (χ4v) is 2.60. The van der Waals surface area contributed by atoms with Gasteiger partial charge in [-0.25, -0.2) is 0 Å². The first-order valence-corrected chi connectivity index (χ1v) is 5.34. The SMILES string of the molecule is CCOC(=O)[C@@H]1[C@H](N)[C@@H]2C=C[C@H]1CC2. The van der Waals surface area contributed by atoms with E-state index in [1.165, 1.54) is 0 Å². The molecule has 2 bridgehead atoms. The Morgan fingerprint density at radius 3 is 2.57 bits per heavy atom. The van der Waals surface area contributed by atoms with Gasteiger partial charge < -0.3 is 10.5 Å². The number of allylic oxidation sites excluding steroid dienone is 1. The minimum atomic E-state index is -0.112. The highest BCUT2D eigenvalue weighted by Crippen LogP contribution is 2.40. The maximum absolute atomic E-state index is 11.7. The van der Waals surface area contributed by atoms with Gasteiger partial charge in [-0.2, -0.15) is 0 Å². The van der Waals surface area contributed by atoms with E-state index in [4.69, 9.17) is 10.5 Å². The third kappa shape index (κ3) is 1.46. The molecule has 0 spiro atoms. The maximum Gasteiger partial charge on any atom is 0.311 e. The molecule has 2 N–H and O–H groups in total. The minimum Gasteiger partial charge on any atom is -0.466 e. The molecule has 4 atom stereocenters. The van der Waals surface area contributed by atoms with E-state index in [1.807, 2.05) is 6.92 Å². The average molecular weight is 195 g/mol. The standard InChI is InChI=1S/C11H17NO2/c1-2-14-11(13)9-7-3-5-8(6-4-7)10(9)12/h3,5,7-10H,2,4,6,12H2,1H3/t7-,8+,9-,10+/m0/s1. The summed E-state index contributed by atoms with van der Waals surface area (Å²) in [5, 5.41) is 0. The molecule has 0 amide bonds. The van der Waals surface area contributed by atoms with E-state index < -0.39 is 0 Å². The first kappa shape index (κ1) is 9.71. The van der Waals surface area contributed by atoms with Gasteiger partial charge in [0.05, 0.1) is 12.5 Å². The van der Waals surface area contributed by atoms with Crippen LogP contribution in [-0.2, 0) is 9.53 Å². The summed E-state index contributed by atoms with van der Waals surface area (Å²) in [6.07, 6.45) is 6.50. The first-order chi connectivity index (χ1) is 6.74. The zero-order valence-corrected chi connectivity index (χ0v) is 8.48. The number of carbonyl (C=O) groups is 1. The lowest BCUT2D eigenvalue weighted by atomic mass is 9.66.